The van der Waals surface area contributed by atoms with E-state index in [0.717, 1.165) is 30.0 Å². The van der Waals surface area contributed by atoms with Crippen molar-refractivity contribution in [1.29, 1.82) is 0 Å². The van der Waals surface area contributed by atoms with Crippen molar-refractivity contribution >= 4 is 11.4 Å². The number of nitrogens with two attached hydrogens (primary N) is 1. The Labute approximate surface area is 102 Å². The van der Waals surface area contributed by atoms with E-state index in [1.165, 1.54) is 5.56 Å². The fourth-order valence-electron chi connectivity index (χ4n) is 1.69. The molecule has 0 radical (unpaired) electrons. The van der Waals surface area contributed by atoms with Crippen molar-refractivity contribution in [3.8, 4) is 0 Å². The van der Waals surface area contributed by atoms with Gasteiger partial charge in [-0.25, -0.2) is 0 Å². The molecule has 0 saturated carbocycles. The molecule has 0 atom stereocenters. The van der Waals surface area contributed by atoms with Crippen LogP contribution in [0, 0.1) is 6.92 Å². The molecule has 3 heteroatoms. The maximum Gasteiger partial charge on any atom is 0.0576 e. The molecule has 0 aliphatic rings. The van der Waals surface area contributed by atoms with E-state index in [2.05, 4.69) is 23.3 Å². The summed E-state index contributed by atoms with van der Waals surface area (Å²) >= 11 is 0. The number of nitrogen functional groups attached to an aromatic ring is 1. The van der Waals surface area contributed by atoms with Crippen LogP contribution in [0.25, 0.3) is 0 Å². The van der Waals surface area contributed by atoms with Gasteiger partial charge in [-0.2, -0.15) is 0 Å². The van der Waals surface area contributed by atoms with Crippen LogP contribution in [0.3, 0.4) is 0 Å². The number of nitrogens with one attached hydrogen (secondary N) is 1. The van der Waals surface area contributed by atoms with Crippen LogP contribution < -0.4 is 11.1 Å². The normalized spacial score (nSPS) is 10.2. The fraction of sp³-hybridized carbons (Fsp3) is 0.214. The highest BCUT2D eigenvalue weighted by atomic mass is 14.9. The first-order valence-corrected chi connectivity index (χ1v) is 5.75. The van der Waals surface area contributed by atoms with Crippen LogP contribution in [-0.4, -0.2) is 11.5 Å². The monoisotopic (exact) mass is 227 g/mol. The summed E-state index contributed by atoms with van der Waals surface area (Å²) in [7, 11) is 0. The zero-order valence-corrected chi connectivity index (χ0v) is 9.98. The summed E-state index contributed by atoms with van der Waals surface area (Å²) in [5.74, 6) is 0. The van der Waals surface area contributed by atoms with Crippen LogP contribution in [0.5, 0.6) is 0 Å². The first-order chi connectivity index (χ1) is 8.25. The van der Waals surface area contributed by atoms with Crippen LogP contribution in [0.15, 0.2) is 42.6 Å². The van der Waals surface area contributed by atoms with E-state index in [1.807, 2.05) is 36.5 Å². The van der Waals surface area contributed by atoms with Crippen LogP contribution in [-0.2, 0) is 6.42 Å². The third-order valence-electron chi connectivity index (χ3n) is 2.63. The van der Waals surface area contributed by atoms with Crippen LogP contribution >= 0.6 is 0 Å². The van der Waals surface area contributed by atoms with Crippen molar-refractivity contribution < 1.29 is 0 Å². The van der Waals surface area contributed by atoms with Crippen LogP contribution in [0.2, 0.25) is 0 Å². The maximum atomic E-state index is 5.89. The van der Waals surface area contributed by atoms with Gasteiger partial charge in [-0.15, -0.1) is 0 Å². The van der Waals surface area contributed by atoms with Gasteiger partial charge in [0, 0.05) is 24.9 Å². The molecule has 2 aromatic rings. The Bertz CT molecular complexity index is 480. The second kappa shape index (κ2) is 5.34. The largest absolute Gasteiger partial charge is 0.397 e. The molecule has 0 bridgehead atoms. The van der Waals surface area contributed by atoms with Crippen molar-refractivity contribution in [1.82, 2.24) is 4.98 Å². The number of anilines is 2. The van der Waals surface area contributed by atoms with Crippen LogP contribution in [0.4, 0.5) is 11.4 Å². The lowest BCUT2D eigenvalue weighted by atomic mass is 10.2. The number of hydrogen-bond donors (Lipinski definition) is 2. The molecule has 0 fully saturated rings. The summed E-state index contributed by atoms with van der Waals surface area (Å²) in [4.78, 5) is 4.28. The van der Waals surface area contributed by atoms with Crippen LogP contribution in [0.1, 0.15) is 11.3 Å². The van der Waals surface area contributed by atoms with Crippen molar-refractivity contribution in [2.45, 2.75) is 13.3 Å². The molecule has 1 aromatic heterocycles. The Hall–Kier alpha value is -2.03. The molecule has 0 aliphatic carbocycles. The maximum absolute atomic E-state index is 5.89. The van der Waals surface area contributed by atoms with Crippen molar-refractivity contribution in [2.24, 2.45) is 0 Å². The molecule has 1 heterocycles. The Balaban J connectivity index is 1.92. The third-order valence-corrected chi connectivity index (χ3v) is 2.63. The molecule has 0 unspecified atom stereocenters. The van der Waals surface area contributed by atoms with Gasteiger partial charge in [-0.3, -0.25) is 4.98 Å². The van der Waals surface area contributed by atoms with E-state index in [-0.39, 0.29) is 0 Å². The van der Waals surface area contributed by atoms with Gasteiger partial charge >= 0.3 is 0 Å². The van der Waals surface area contributed by atoms with Crippen molar-refractivity contribution in [3.63, 3.8) is 0 Å². The molecule has 88 valence electrons. The summed E-state index contributed by atoms with van der Waals surface area (Å²) in [6.45, 7) is 2.90. The molecule has 0 saturated heterocycles. The number of aryl methyl sites for hydroxylation is 1. The average Bonchev–Trinajstić information content (AvgIpc) is 2.35. The molecule has 0 amide bonds. The van der Waals surface area contributed by atoms with E-state index in [9.17, 15) is 0 Å². The summed E-state index contributed by atoms with van der Waals surface area (Å²) < 4.78 is 0. The van der Waals surface area contributed by atoms with Gasteiger partial charge in [0.25, 0.3) is 0 Å². The molecule has 3 nitrogen and oxygen atoms in total. The van der Waals surface area contributed by atoms with Gasteiger partial charge in [-0.05, 0) is 36.8 Å². The molecule has 1 aromatic carbocycles. The first-order valence-electron chi connectivity index (χ1n) is 5.75. The van der Waals surface area contributed by atoms with E-state index >= 15 is 0 Å². The lowest BCUT2D eigenvalue weighted by Gasteiger charge is -2.09. The van der Waals surface area contributed by atoms with E-state index in [0.29, 0.717) is 0 Å². The van der Waals surface area contributed by atoms with Crippen molar-refractivity contribution in [2.75, 3.05) is 17.6 Å². The Kier molecular flexibility index (Phi) is 3.60. The quantitative estimate of drug-likeness (QED) is 0.789. The molecule has 3 N–H and O–H groups in total. The fourth-order valence-corrected chi connectivity index (χ4v) is 1.69. The minimum absolute atomic E-state index is 0.789. The van der Waals surface area contributed by atoms with E-state index in [4.69, 9.17) is 5.73 Å². The minimum atomic E-state index is 0.789. The summed E-state index contributed by atoms with van der Waals surface area (Å²) in [5.41, 5.74) is 9.98. The van der Waals surface area contributed by atoms with Gasteiger partial charge in [0.1, 0.15) is 0 Å². The van der Waals surface area contributed by atoms with Crippen molar-refractivity contribution in [3.05, 3.63) is 53.9 Å². The molecular formula is C14H17N3. The van der Waals surface area contributed by atoms with Gasteiger partial charge in [0.2, 0.25) is 0 Å². The van der Waals surface area contributed by atoms with Gasteiger partial charge in [0.15, 0.2) is 0 Å². The zero-order valence-electron chi connectivity index (χ0n) is 9.98. The second-order valence-corrected chi connectivity index (χ2v) is 4.09. The Morgan fingerprint density at radius 3 is 2.88 bits per heavy atom. The molecule has 17 heavy (non-hydrogen) atoms. The molecule has 0 spiro atoms. The molecular weight excluding hydrogens is 210 g/mol. The highest BCUT2D eigenvalue weighted by Crippen LogP contribution is 2.19. The third kappa shape index (κ3) is 3.21. The average molecular weight is 227 g/mol. The topological polar surface area (TPSA) is 50.9 Å². The number of benzene rings is 1. The summed E-state index contributed by atoms with van der Waals surface area (Å²) in [6, 6.07) is 12.0. The van der Waals surface area contributed by atoms with Gasteiger partial charge in [0.05, 0.1) is 11.4 Å². The number of pyridine rings is 1. The predicted octanol–water partition coefficient (Wildman–Crippen LogP) is 2.63. The first kappa shape index (κ1) is 11.5. The number of hydrogen-bond acceptors (Lipinski definition) is 3. The highest BCUT2D eigenvalue weighted by molar-refractivity contribution is 5.66. The predicted molar refractivity (Wildman–Crippen MR) is 72.0 cm³/mol. The summed E-state index contributed by atoms with van der Waals surface area (Å²) in [6.07, 6.45) is 2.71. The standard InChI is InChI=1S/C14H17N3/c1-11-5-6-13(15)14(10-11)17-9-7-12-4-2-3-8-16-12/h2-6,8,10,17H,7,9,15H2,1H3. The Morgan fingerprint density at radius 2 is 2.12 bits per heavy atom. The van der Waals surface area contributed by atoms with Gasteiger partial charge in [-0.1, -0.05) is 12.1 Å². The summed E-state index contributed by atoms with van der Waals surface area (Å²) in [5, 5.41) is 3.34. The molecule has 0 aliphatic heterocycles. The number of rotatable bonds is 4. The van der Waals surface area contributed by atoms with E-state index in [1.54, 1.807) is 0 Å². The number of aromatic nitrogens is 1. The minimum Gasteiger partial charge on any atom is -0.397 e. The lowest BCUT2D eigenvalue weighted by molar-refractivity contribution is 0.961. The SMILES string of the molecule is Cc1ccc(N)c(NCCc2ccccn2)c1. The highest BCUT2D eigenvalue weighted by Gasteiger charge is 1.99. The second-order valence-electron chi connectivity index (χ2n) is 4.09. The number of nitrogens with zero attached hydrogens (tertiary/aromatic N) is 1. The molecule has 2 rings (SSSR count). The van der Waals surface area contributed by atoms with E-state index < -0.39 is 0 Å². The van der Waals surface area contributed by atoms with Gasteiger partial charge < -0.3 is 11.1 Å². The smallest absolute Gasteiger partial charge is 0.0576 e. The zero-order chi connectivity index (χ0) is 12.1. The lowest BCUT2D eigenvalue weighted by Crippen LogP contribution is -2.07. The Morgan fingerprint density at radius 1 is 1.24 bits per heavy atom.